The molecule has 0 fully saturated rings. The van der Waals surface area contributed by atoms with Crippen molar-refractivity contribution in [1.82, 2.24) is 5.32 Å². The molecule has 3 nitrogen and oxygen atoms in total. The molecule has 2 aromatic rings. The molecule has 0 saturated heterocycles. The van der Waals surface area contributed by atoms with E-state index in [4.69, 9.17) is 5.73 Å². The number of amides is 1. The lowest BCUT2D eigenvalue weighted by Crippen LogP contribution is -2.23. The highest BCUT2D eigenvalue weighted by Gasteiger charge is 2.14. The van der Waals surface area contributed by atoms with E-state index in [1.54, 1.807) is 30.3 Å². The van der Waals surface area contributed by atoms with Gasteiger partial charge in [-0.25, -0.2) is 8.78 Å². The molecule has 0 unspecified atom stereocenters. The number of carbonyl (C=O) groups is 1. The Balaban J connectivity index is 1.91. The quantitative estimate of drug-likeness (QED) is 0.483. The van der Waals surface area contributed by atoms with Crippen LogP contribution in [-0.4, -0.2) is 19.0 Å². The van der Waals surface area contributed by atoms with Crippen LogP contribution in [0.4, 0.5) is 8.78 Å². The number of unbranched alkanes of at least 4 members (excludes halogenated alkanes) is 1. The molecule has 3 N–H and O–H groups in total. The molecule has 0 bridgehead atoms. The van der Waals surface area contributed by atoms with Crippen LogP contribution >= 0.6 is 0 Å². The van der Waals surface area contributed by atoms with Crippen molar-refractivity contribution >= 4 is 5.91 Å². The fourth-order valence-corrected chi connectivity index (χ4v) is 2.99. The minimum Gasteiger partial charge on any atom is -0.353 e. The van der Waals surface area contributed by atoms with Gasteiger partial charge in [0.25, 0.3) is 0 Å². The van der Waals surface area contributed by atoms with Crippen molar-refractivity contribution in [2.24, 2.45) is 5.73 Å². The first-order chi connectivity index (χ1) is 13.1. The molecule has 0 heterocycles. The minimum absolute atomic E-state index is 0.0109. The lowest BCUT2D eigenvalue weighted by molar-refractivity contribution is -0.121. The zero-order valence-electron chi connectivity index (χ0n) is 15.3. The maximum absolute atomic E-state index is 13.2. The molecular formula is C22H26F2N2O. The van der Waals surface area contributed by atoms with Crippen LogP contribution < -0.4 is 11.1 Å². The summed E-state index contributed by atoms with van der Waals surface area (Å²) in [6.45, 7) is 0.952. The summed E-state index contributed by atoms with van der Waals surface area (Å²) < 4.78 is 26.5. The van der Waals surface area contributed by atoms with Crippen LogP contribution in [0.15, 0.2) is 60.7 Å². The second-order valence-corrected chi connectivity index (χ2v) is 6.41. The van der Waals surface area contributed by atoms with E-state index in [2.05, 4.69) is 5.32 Å². The highest BCUT2D eigenvalue weighted by Crippen LogP contribution is 2.30. The van der Waals surface area contributed by atoms with Gasteiger partial charge < -0.3 is 11.1 Å². The smallest absolute Gasteiger partial charge is 0.220 e. The number of halogens is 2. The summed E-state index contributed by atoms with van der Waals surface area (Å²) in [5.74, 6) is -0.507. The minimum atomic E-state index is -0.281. The van der Waals surface area contributed by atoms with Crippen molar-refractivity contribution in [2.45, 2.75) is 31.6 Å². The third kappa shape index (κ3) is 7.31. The van der Waals surface area contributed by atoms with Crippen molar-refractivity contribution in [3.8, 4) is 0 Å². The zero-order chi connectivity index (χ0) is 19.5. The van der Waals surface area contributed by atoms with Crippen molar-refractivity contribution in [2.75, 3.05) is 13.1 Å². The Morgan fingerprint density at radius 2 is 1.48 bits per heavy atom. The van der Waals surface area contributed by atoms with E-state index in [1.807, 2.05) is 6.08 Å². The highest BCUT2D eigenvalue weighted by molar-refractivity contribution is 5.75. The molecule has 0 radical (unpaired) electrons. The van der Waals surface area contributed by atoms with Gasteiger partial charge in [-0.3, -0.25) is 4.79 Å². The van der Waals surface area contributed by atoms with Crippen LogP contribution in [-0.2, 0) is 4.79 Å². The van der Waals surface area contributed by atoms with E-state index in [-0.39, 0.29) is 23.5 Å². The summed E-state index contributed by atoms with van der Waals surface area (Å²) in [5.41, 5.74) is 7.31. The Bertz CT molecular complexity index is 681. The molecule has 144 valence electrons. The van der Waals surface area contributed by atoms with Crippen LogP contribution in [0.5, 0.6) is 0 Å². The van der Waals surface area contributed by atoms with Crippen molar-refractivity contribution < 1.29 is 13.6 Å². The standard InChI is InChI=1S/C22H26F2N2O/c23-19-11-7-17(8-12-19)21(18-9-13-20(24)14-10-18)5-1-2-6-22(27)26-16-4-3-15-25/h3-4,7-14,21H,1-2,5-6,15-16,25H2,(H,26,27)/b4-3-. The van der Waals surface area contributed by atoms with E-state index >= 15 is 0 Å². The lowest BCUT2D eigenvalue weighted by Gasteiger charge is -2.18. The number of benzene rings is 2. The number of carbonyl (C=O) groups excluding carboxylic acids is 1. The van der Waals surface area contributed by atoms with E-state index in [0.717, 1.165) is 30.4 Å². The maximum Gasteiger partial charge on any atom is 0.220 e. The van der Waals surface area contributed by atoms with Gasteiger partial charge in [0, 0.05) is 25.4 Å². The third-order valence-electron chi connectivity index (χ3n) is 4.41. The van der Waals surface area contributed by atoms with Gasteiger partial charge in [-0.1, -0.05) is 42.8 Å². The number of hydrogen-bond donors (Lipinski definition) is 2. The summed E-state index contributed by atoms with van der Waals surface area (Å²) in [7, 11) is 0. The second-order valence-electron chi connectivity index (χ2n) is 6.41. The van der Waals surface area contributed by atoms with Crippen molar-refractivity contribution in [3.63, 3.8) is 0 Å². The molecule has 0 aliphatic rings. The Hall–Kier alpha value is -2.53. The summed E-state index contributed by atoms with van der Waals surface area (Å²) in [4.78, 5) is 11.8. The summed E-state index contributed by atoms with van der Waals surface area (Å²) in [5, 5.41) is 2.82. The first kappa shape index (κ1) is 20.8. The Morgan fingerprint density at radius 3 is 2.00 bits per heavy atom. The predicted molar refractivity (Wildman–Crippen MR) is 104 cm³/mol. The monoisotopic (exact) mass is 372 g/mol. The van der Waals surface area contributed by atoms with Crippen LogP contribution in [0, 0.1) is 11.6 Å². The summed E-state index contributed by atoms with van der Waals surface area (Å²) in [6, 6.07) is 12.8. The first-order valence-corrected chi connectivity index (χ1v) is 9.23. The molecule has 0 atom stereocenters. The Labute approximate surface area is 159 Å². The fourth-order valence-electron chi connectivity index (χ4n) is 2.99. The Kier molecular flexibility index (Phi) is 8.65. The SMILES string of the molecule is NC/C=C\CNC(=O)CCCCC(c1ccc(F)cc1)c1ccc(F)cc1. The molecule has 0 aliphatic carbocycles. The van der Waals surface area contributed by atoms with Gasteiger partial charge >= 0.3 is 0 Å². The molecular weight excluding hydrogens is 346 g/mol. The van der Waals surface area contributed by atoms with Gasteiger partial charge in [0.05, 0.1) is 0 Å². The predicted octanol–water partition coefficient (Wildman–Crippen LogP) is 4.29. The van der Waals surface area contributed by atoms with E-state index in [1.165, 1.54) is 24.3 Å². The van der Waals surface area contributed by atoms with Gasteiger partial charge in [-0.15, -0.1) is 0 Å². The molecule has 27 heavy (non-hydrogen) atoms. The molecule has 2 rings (SSSR count). The van der Waals surface area contributed by atoms with Gasteiger partial charge in [0.1, 0.15) is 11.6 Å². The molecule has 0 aliphatic heterocycles. The molecule has 0 aromatic heterocycles. The maximum atomic E-state index is 13.2. The number of rotatable bonds is 10. The summed E-state index contributed by atoms with van der Waals surface area (Å²) >= 11 is 0. The molecule has 2 aromatic carbocycles. The topological polar surface area (TPSA) is 55.1 Å². The number of nitrogens with one attached hydrogen (secondary N) is 1. The third-order valence-corrected chi connectivity index (χ3v) is 4.41. The number of hydrogen-bond acceptors (Lipinski definition) is 2. The first-order valence-electron chi connectivity index (χ1n) is 9.23. The molecule has 0 spiro atoms. The molecule has 5 heteroatoms. The van der Waals surface area contributed by atoms with Crippen molar-refractivity contribution in [1.29, 1.82) is 0 Å². The lowest BCUT2D eigenvalue weighted by atomic mass is 9.87. The average Bonchev–Trinajstić information content (AvgIpc) is 2.67. The van der Waals surface area contributed by atoms with E-state index in [0.29, 0.717) is 19.5 Å². The number of nitrogens with two attached hydrogens (primary N) is 1. The zero-order valence-corrected chi connectivity index (χ0v) is 15.3. The Morgan fingerprint density at radius 1 is 0.926 bits per heavy atom. The summed E-state index contributed by atoms with van der Waals surface area (Å²) in [6.07, 6.45) is 6.48. The molecule has 0 saturated carbocycles. The normalized spacial score (nSPS) is 11.3. The van der Waals surface area contributed by atoms with Crippen LogP contribution in [0.25, 0.3) is 0 Å². The van der Waals surface area contributed by atoms with Crippen LogP contribution in [0.3, 0.4) is 0 Å². The second kappa shape index (κ2) is 11.2. The van der Waals surface area contributed by atoms with E-state index in [9.17, 15) is 13.6 Å². The van der Waals surface area contributed by atoms with Gasteiger partial charge in [-0.2, -0.15) is 0 Å². The highest BCUT2D eigenvalue weighted by atomic mass is 19.1. The largest absolute Gasteiger partial charge is 0.353 e. The fraction of sp³-hybridized carbons (Fsp3) is 0.318. The van der Waals surface area contributed by atoms with Gasteiger partial charge in [0.2, 0.25) is 5.91 Å². The molecule has 1 amide bonds. The van der Waals surface area contributed by atoms with Gasteiger partial charge in [-0.05, 0) is 48.2 Å². The van der Waals surface area contributed by atoms with Crippen LogP contribution in [0.1, 0.15) is 42.7 Å². The van der Waals surface area contributed by atoms with E-state index < -0.39 is 0 Å². The average molecular weight is 372 g/mol. The van der Waals surface area contributed by atoms with Gasteiger partial charge in [0.15, 0.2) is 0 Å². The van der Waals surface area contributed by atoms with Crippen LogP contribution in [0.2, 0.25) is 0 Å². The van der Waals surface area contributed by atoms with Crippen molar-refractivity contribution in [3.05, 3.63) is 83.4 Å².